The molecule has 0 saturated heterocycles. The van der Waals surface area contributed by atoms with E-state index in [1.165, 1.54) is 97.7 Å². The second kappa shape index (κ2) is 9.64. The fourth-order valence-electron chi connectivity index (χ4n) is 9.18. The summed E-state index contributed by atoms with van der Waals surface area (Å²) in [6.07, 6.45) is 0. The first-order chi connectivity index (χ1) is 23.9. The Hall–Kier alpha value is -5.76. The molecule has 0 fully saturated rings. The van der Waals surface area contributed by atoms with Gasteiger partial charge in [-0.05, 0) is 94.2 Å². The van der Waals surface area contributed by atoms with Gasteiger partial charge in [0, 0.05) is 9.58 Å². The predicted molar refractivity (Wildman–Crippen MR) is 204 cm³/mol. The average molecular weight is 625 g/mol. The van der Waals surface area contributed by atoms with Gasteiger partial charge in [-0.3, -0.25) is 0 Å². The van der Waals surface area contributed by atoms with Crippen molar-refractivity contribution in [1.29, 1.82) is 0 Å². The SMILES string of the molecule is c1ccc(-c2c3ccccc3c(-c3cccc4c3-c3ccccc3C43c4ccccc4-c4sc5ccccc5c43)c3ccccc23)cc1. The lowest BCUT2D eigenvalue weighted by Crippen LogP contribution is -2.25. The molecule has 2 aliphatic rings. The molecular weight excluding hydrogens is 597 g/mol. The molecule has 1 heterocycles. The first kappa shape index (κ1) is 26.3. The molecule has 1 heteroatoms. The van der Waals surface area contributed by atoms with E-state index in [9.17, 15) is 0 Å². The van der Waals surface area contributed by atoms with E-state index in [0.29, 0.717) is 0 Å². The van der Waals surface area contributed by atoms with Crippen LogP contribution in [-0.2, 0) is 5.41 Å². The molecule has 48 heavy (non-hydrogen) atoms. The Morgan fingerprint density at radius 3 is 1.54 bits per heavy atom. The van der Waals surface area contributed by atoms with Crippen LogP contribution in [0.25, 0.3) is 75.5 Å². The van der Waals surface area contributed by atoms with Crippen molar-refractivity contribution < 1.29 is 0 Å². The minimum absolute atomic E-state index is 0.386. The summed E-state index contributed by atoms with van der Waals surface area (Å²) >= 11 is 1.94. The smallest absolute Gasteiger partial charge is 0.0740 e. The molecule has 11 rings (SSSR count). The van der Waals surface area contributed by atoms with Crippen molar-refractivity contribution in [3.63, 3.8) is 0 Å². The second-order valence-corrected chi connectivity index (χ2v) is 14.1. The molecule has 1 unspecified atom stereocenters. The van der Waals surface area contributed by atoms with E-state index < -0.39 is 0 Å². The second-order valence-electron chi connectivity index (χ2n) is 13.1. The van der Waals surface area contributed by atoms with Gasteiger partial charge in [-0.1, -0.05) is 164 Å². The summed E-state index contributed by atoms with van der Waals surface area (Å²) in [5.41, 5.74) is 14.4. The Kier molecular flexibility index (Phi) is 5.29. The van der Waals surface area contributed by atoms with Gasteiger partial charge in [0.1, 0.15) is 0 Å². The van der Waals surface area contributed by atoms with Crippen LogP contribution in [0.4, 0.5) is 0 Å². The van der Waals surface area contributed by atoms with Crippen LogP contribution in [0.3, 0.4) is 0 Å². The summed E-state index contributed by atoms with van der Waals surface area (Å²) in [6.45, 7) is 0. The quantitative estimate of drug-likeness (QED) is 0.168. The van der Waals surface area contributed by atoms with E-state index in [-0.39, 0.29) is 5.41 Å². The lowest BCUT2D eigenvalue weighted by Gasteiger charge is -2.30. The first-order valence-electron chi connectivity index (χ1n) is 16.7. The molecule has 1 aromatic heterocycles. The van der Waals surface area contributed by atoms with Gasteiger partial charge in [0.2, 0.25) is 0 Å². The van der Waals surface area contributed by atoms with Gasteiger partial charge < -0.3 is 0 Å². The van der Waals surface area contributed by atoms with Crippen LogP contribution in [0.5, 0.6) is 0 Å². The third-order valence-electron chi connectivity index (χ3n) is 10.9. The van der Waals surface area contributed by atoms with Crippen LogP contribution in [-0.4, -0.2) is 0 Å². The molecule has 0 aliphatic heterocycles. The molecule has 0 N–H and O–H groups in total. The van der Waals surface area contributed by atoms with Crippen molar-refractivity contribution >= 4 is 43.0 Å². The summed E-state index contributed by atoms with van der Waals surface area (Å²) in [5.74, 6) is 0. The topological polar surface area (TPSA) is 0 Å². The Labute approximate surface area is 283 Å². The third kappa shape index (κ3) is 3.20. The van der Waals surface area contributed by atoms with Gasteiger partial charge >= 0.3 is 0 Å². The predicted octanol–water partition coefficient (Wildman–Crippen LogP) is 12.9. The van der Waals surface area contributed by atoms with E-state index in [1.807, 2.05) is 11.3 Å². The maximum atomic E-state index is 2.42. The van der Waals surface area contributed by atoms with Crippen molar-refractivity contribution in [3.8, 4) is 43.8 Å². The standard InChI is InChI=1S/C47H28S/c1-2-15-29(16-3-1)42-30-17-4-6-19-32(30)43(33-20-7-5-18-31(33)42)37-24-14-27-40-44(37)34-21-8-11-25-38(34)47(40)39-26-12-9-22-35(39)46-45(47)36-23-10-13-28-41(36)48-46/h1-28H. The molecule has 2 aliphatic carbocycles. The molecule has 8 aromatic carbocycles. The van der Waals surface area contributed by atoms with Gasteiger partial charge in [-0.15, -0.1) is 11.3 Å². The Balaban J connectivity index is 1.32. The summed E-state index contributed by atoms with van der Waals surface area (Å²) < 4.78 is 1.35. The van der Waals surface area contributed by atoms with Crippen molar-refractivity contribution in [2.24, 2.45) is 0 Å². The minimum Gasteiger partial charge on any atom is -0.135 e. The highest BCUT2D eigenvalue weighted by Gasteiger charge is 2.53. The molecule has 1 spiro atoms. The summed E-state index contributed by atoms with van der Waals surface area (Å²) in [5, 5.41) is 6.51. The highest BCUT2D eigenvalue weighted by atomic mass is 32.1. The van der Waals surface area contributed by atoms with Crippen LogP contribution in [0.1, 0.15) is 22.3 Å². The molecule has 0 bridgehead atoms. The summed E-state index contributed by atoms with van der Waals surface area (Å²) in [4.78, 5) is 1.41. The third-order valence-corrected chi connectivity index (χ3v) is 12.1. The van der Waals surface area contributed by atoms with Gasteiger partial charge in [-0.25, -0.2) is 0 Å². The largest absolute Gasteiger partial charge is 0.135 e. The normalized spacial score (nSPS) is 15.6. The summed E-state index contributed by atoms with van der Waals surface area (Å²) in [6, 6.07) is 63.4. The molecule has 0 saturated carbocycles. The molecular formula is C47H28S. The van der Waals surface area contributed by atoms with Gasteiger partial charge in [-0.2, -0.15) is 0 Å². The molecule has 1 atom stereocenters. The fraction of sp³-hybridized carbons (Fsp3) is 0.0213. The van der Waals surface area contributed by atoms with Crippen molar-refractivity contribution in [2.75, 3.05) is 0 Å². The Morgan fingerprint density at radius 2 is 0.833 bits per heavy atom. The Bertz CT molecular complexity index is 2730. The fourth-order valence-corrected chi connectivity index (χ4v) is 10.5. The molecule has 222 valence electrons. The van der Waals surface area contributed by atoms with E-state index in [4.69, 9.17) is 0 Å². The number of fused-ring (bicyclic) bond motifs is 14. The molecule has 9 aromatic rings. The zero-order valence-corrected chi connectivity index (χ0v) is 26.9. The minimum atomic E-state index is -0.386. The Morgan fingerprint density at radius 1 is 0.333 bits per heavy atom. The van der Waals surface area contributed by atoms with Crippen LogP contribution >= 0.6 is 11.3 Å². The van der Waals surface area contributed by atoms with Crippen molar-refractivity contribution in [2.45, 2.75) is 5.41 Å². The highest BCUT2D eigenvalue weighted by Crippen LogP contribution is 2.67. The summed E-state index contributed by atoms with van der Waals surface area (Å²) in [7, 11) is 0. The van der Waals surface area contributed by atoms with E-state index in [0.717, 1.165) is 0 Å². The van der Waals surface area contributed by atoms with Crippen molar-refractivity contribution in [3.05, 3.63) is 192 Å². The lowest BCUT2D eigenvalue weighted by atomic mass is 9.70. The highest BCUT2D eigenvalue weighted by molar-refractivity contribution is 7.22. The maximum Gasteiger partial charge on any atom is 0.0740 e. The van der Waals surface area contributed by atoms with Crippen LogP contribution in [0, 0.1) is 0 Å². The van der Waals surface area contributed by atoms with E-state index in [1.54, 1.807) is 0 Å². The average Bonchev–Trinajstić information content (AvgIpc) is 3.78. The number of hydrogen-bond acceptors (Lipinski definition) is 1. The molecule has 0 amide bonds. The zero-order valence-electron chi connectivity index (χ0n) is 26.1. The number of thiophene rings is 1. The number of benzene rings is 8. The first-order valence-corrected chi connectivity index (χ1v) is 17.5. The van der Waals surface area contributed by atoms with E-state index in [2.05, 4.69) is 170 Å². The molecule has 0 radical (unpaired) electrons. The van der Waals surface area contributed by atoms with Gasteiger partial charge in [0.25, 0.3) is 0 Å². The number of rotatable bonds is 2. The van der Waals surface area contributed by atoms with Gasteiger partial charge in [0.05, 0.1) is 5.41 Å². The monoisotopic (exact) mass is 624 g/mol. The number of hydrogen-bond donors (Lipinski definition) is 0. The van der Waals surface area contributed by atoms with E-state index >= 15 is 0 Å². The van der Waals surface area contributed by atoms with Crippen LogP contribution in [0.15, 0.2) is 170 Å². The molecule has 0 nitrogen and oxygen atoms in total. The van der Waals surface area contributed by atoms with Crippen LogP contribution < -0.4 is 0 Å². The maximum absolute atomic E-state index is 2.42. The zero-order chi connectivity index (χ0) is 31.4. The van der Waals surface area contributed by atoms with Crippen molar-refractivity contribution in [1.82, 2.24) is 0 Å². The van der Waals surface area contributed by atoms with Crippen LogP contribution in [0.2, 0.25) is 0 Å². The lowest BCUT2D eigenvalue weighted by molar-refractivity contribution is 0.803. The van der Waals surface area contributed by atoms with Gasteiger partial charge in [0.15, 0.2) is 0 Å².